The summed E-state index contributed by atoms with van der Waals surface area (Å²) in [6.07, 6.45) is 0. The molecule has 0 radical (unpaired) electrons. The molecule has 1 rings (SSSR count). The van der Waals surface area contributed by atoms with E-state index in [1.165, 1.54) is 26.0 Å². The molecule has 1 aromatic carbocycles. The first kappa shape index (κ1) is 24.5. The van der Waals surface area contributed by atoms with Gasteiger partial charge < -0.3 is 14.4 Å². The largest absolute Gasteiger partial charge is 0.480 e. The topological polar surface area (TPSA) is 157 Å². The fraction of sp³-hybridized carbons (Fsp3) is 0.529. The van der Waals surface area contributed by atoms with Gasteiger partial charge in [0.05, 0.1) is 11.5 Å². The Morgan fingerprint density at radius 1 is 1.17 bits per heavy atom. The van der Waals surface area contributed by atoms with Crippen LogP contribution in [0.1, 0.15) is 34.6 Å². The summed E-state index contributed by atoms with van der Waals surface area (Å²) < 4.78 is 23.7. The Labute approximate surface area is 168 Å². The number of nitrogens with zero attached hydrogens (tertiary/aromatic N) is 1. The number of hydrogen-bond acceptors (Lipinski definition) is 7. The summed E-state index contributed by atoms with van der Waals surface area (Å²) in [6.45, 7) is 8.39. The lowest BCUT2D eigenvalue weighted by Gasteiger charge is -2.26. The quantitative estimate of drug-likeness (QED) is 0.218. The van der Waals surface area contributed by atoms with Crippen molar-refractivity contribution in [2.45, 2.75) is 46.7 Å². The number of nitro groups is 1. The number of nitro benzene ring substituents is 1. The van der Waals surface area contributed by atoms with E-state index in [0.29, 0.717) is 0 Å². The van der Waals surface area contributed by atoms with E-state index in [9.17, 15) is 24.3 Å². The average Bonchev–Trinajstić information content (AvgIpc) is 2.58. The second-order valence-electron chi connectivity index (χ2n) is 7.60. The van der Waals surface area contributed by atoms with E-state index in [0.717, 1.165) is 12.1 Å². The van der Waals surface area contributed by atoms with Gasteiger partial charge in [0, 0.05) is 12.1 Å². The number of carbonyl (C=O) groups is 2. The number of nitrogens with one attached hydrogen (secondary N) is 2. The molecule has 3 unspecified atom stereocenters. The van der Waals surface area contributed by atoms with Gasteiger partial charge in [-0.2, -0.15) is 0 Å². The zero-order chi connectivity index (χ0) is 22.4. The summed E-state index contributed by atoms with van der Waals surface area (Å²) in [7, 11) is -4.12. The lowest BCUT2D eigenvalue weighted by molar-refractivity contribution is -0.384. The lowest BCUT2D eigenvalue weighted by Crippen LogP contribution is -2.43. The van der Waals surface area contributed by atoms with Gasteiger partial charge in [0.25, 0.3) is 5.69 Å². The summed E-state index contributed by atoms with van der Waals surface area (Å²) in [5.41, 5.74) is -0.476. The SMILES string of the molecule is CC(NP(=O)(NC(C)C(=O)OCC(C)(C)C)Oc1ccc([N+](=O)[O-])cc1)C(=O)O. The van der Waals surface area contributed by atoms with Crippen molar-refractivity contribution in [3.63, 3.8) is 0 Å². The van der Waals surface area contributed by atoms with Crippen LogP contribution >= 0.6 is 7.67 Å². The second-order valence-corrected chi connectivity index (χ2v) is 9.40. The zero-order valence-electron chi connectivity index (χ0n) is 16.9. The van der Waals surface area contributed by atoms with E-state index < -0.39 is 36.6 Å². The average molecular weight is 431 g/mol. The van der Waals surface area contributed by atoms with Gasteiger partial charge in [0.1, 0.15) is 17.8 Å². The molecule has 162 valence electrons. The standard InChI is InChI=1S/C17H26N3O8P/c1-11(15(21)22)18-29(26,19-12(2)16(23)27-10-17(3,4)5)28-14-8-6-13(7-9-14)20(24)25/h6-9,11-12H,10H2,1-5H3,(H,21,22)(H2,18,19,26). The summed E-state index contributed by atoms with van der Waals surface area (Å²) in [4.78, 5) is 33.5. The number of benzene rings is 1. The minimum absolute atomic E-state index is 0.0215. The Morgan fingerprint density at radius 3 is 2.14 bits per heavy atom. The molecule has 3 atom stereocenters. The molecule has 0 aliphatic carbocycles. The predicted molar refractivity (Wildman–Crippen MR) is 105 cm³/mol. The first-order chi connectivity index (χ1) is 13.2. The molecule has 0 fully saturated rings. The number of hydrogen-bond donors (Lipinski definition) is 3. The highest BCUT2D eigenvalue weighted by molar-refractivity contribution is 7.55. The number of rotatable bonds is 10. The molecular weight excluding hydrogens is 405 g/mol. The fourth-order valence-corrected chi connectivity index (χ4v) is 3.73. The van der Waals surface area contributed by atoms with Crippen LogP contribution in [0.2, 0.25) is 0 Å². The van der Waals surface area contributed by atoms with Crippen LogP contribution in [0.3, 0.4) is 0 Å². The first-order valence-corrected chi connectivity index (χ1v) is 10.3. The molecule has 3 N–H and O–H groups in total. The molecule has 0 amide bonds. The normalized spacial score (nSPS) is 15.6. The molecule has 0 saturated carbocycles. The number of carbonyl (C=O) groups excluding carboxylic acids is 1. The van der Waals surface area contributed by atoms with Crippen LogP contribution in [-0.2, 0) is 18.9 Å². The number of esters is 1. The molecule has 0 aliphatic rings. The van der Waals surface area contributed by atoms with Gasteiger partial charge in [-0.1, -0.05) is 20.8 Å². The maximum absolute atomic E-state index is 13.2. The van der Waals surface area contributed by atoms with E-state index in [-0.39, 0.29) is 23.5 Å². The van der Waals surface area contributed by atoms with Crippen molar-refractivity contribution >= 4 is 25.3 Å². The van der Waals surface area contributed by atoms with E-state index in [4.69, 9.17) is 14.4 Å². The molecule has 0 saturated heterocycles. The number of carboxylic acid groups (broad SMARTS) is 1. The summed E-state index contributed by atoms with van der Waals surface area (Å²) in [5, 5.41) is 24.6. The van der Waals surface area contributed by atoms with E-state index in [2.05, 4.69) is 10.2 Å². The van der Waals surface area contributed by atoms with E-state index in [1.54, 1.807) is 0 Å². The molecule has 0 spiro atoms. The van der Waals surface area contributed by atoms with Crippen LogP contribution in [0.5, 0.6) is 5.75 Å². The highest BCUT2D eigenvalue weighted by Gasteiger charge is 2.34. The molecule has 29 heavy (non-hydrogen) atoms. The monoisotopic (exact) mass is 431 g/mol. The molecule has 12 heteroatoms. The smallest absolute Gasteiger partial charge is 0.391 e. The third-order valence-electron chi connectivity index (χ3n) is 3.38. The van der Waals surface area contributed by atoms with Crippen molar-refractivity contribution in [3.8, 4) is 5.75 Å². The summed E-state index contributed by atoms with van der Waals surface area (Å²) in [6, 6.07) is 2.34. The van der Waals surface area contributed by atoms with Gasteiger partial charge in [-0.05, 0) is 31.4 Å². The van der Waals surface area contributed by atoms with Crippen LogP contribution in [-0.4, -0.2) is 40.7 Å². The van der Waals surface area contributed by atoms with Crippen molar-refractivity contribution in [2.24, 2.45) is 5.41 Å². The van der Waals surface area contributed by atoms with Crippen LogP contribution in [0, 0.1) is 15.5 Å². The van der Waals surface area contributed by atoms with Crippen molar-refractivity contribution in [3.05, 3.63) is 34.4 Å². The van der Waals surface area contributed by atoms with E-state index >= 15 is 0 Å². The Bertz CT molecular complexity index is 791. The number of ether oxygens (including phenoxy) is 1. The summed E-state index contributed by atoms with van der Waals surface area (Å²) >= 11 is 0. The molecular formula is C17H26N3O8P. The van der Waals surface area contributed by atoms with Gasteiger partial charge in [-0.3, -0.25) is 19.7 Å². The van der Waals surface area contributed by atoms with Gasteiger partial charge in [0.15, 0.2) is 0 Å². The number of aliphatic carboxylic acids is 1. The van der Waals surface area contributed by atoms with Crippen LogP contribution in [0.25, 0.3) is 0 Å². The highest BCUT2D eigenvalue weighted by atomic mass is 31.2. The van der Waals surface area contributed by atoms with Gasteiger partial charge in [-0.25, -0.2) is 14.7 Å². The zero-order valence-corrected chi connectivity index (χ0v) is 17.8. The minimum Gasteiger partial charge on any atom is -0.480 e. The summed E-state index contributed by atoms with van der Waals surface area (Å²) in [5.74, 6) is -2.01. The third kappa shape index (κ3) is 8.59. The van der Waals surface area contributed by atoms with Gasteiger partial charge in [-0.15, -0.1) is 0 Å². The molecule has 0 heterocycles. The Kier molecular flexibility index (Phi) is 8.31. The van der Waals surface area contributed by atoms with Crippen molar-refractivity contribution < 1.29 is 33.4 Å². The minimum atomic E-state index is -4.12. The third-order valence-corrected chi connectivity index (χ3v) is 5.30. The van der Waals surface area contributed by atoms with Crippen molar-refractivity contribution in [2.75, 3.05) is 6.61 Å². The molecule has 0 aromatic heterocycles. The molecule has 11 nitrogen and oxygen atoms in total. The van der Waals surface area contributed by atoms with Gasteiger partial charge in [0.2, 0.25) is 0 Å². The highest BCUT2D eigenvalue weighted by Crippen LogP contribution is 2.40. The molecule has 0 bridgehead atoms. The molecule has 1 aromatic rings. The Morgan fingerprint density at radius 2 is 1.69 bits per heavy atom. The predicted octanol–water partition coefficient (Wildman–Crippen LogP) is 2.71. The van der Waals surface area contributed by atoms with Crippen LogP contribution in [0.15, 0.2) is 24.3 Å². The fourth-order valence-electron chi connectivity index (χ4n) is 1.90. The first-order valence-electron chi connectivity index (χ1n) is 8.71. The van der Waals surface area contributed by atoms with Crippen molar-refractivity contribution in [1.82, 2.24) is 10.2 Å². The lowest BCUT2D eigenvalue weighted by atomic mass is 9.99. The maximum Gasteiger partial charge on any atom is 0.391 e. The number of carboxylic acids is 1. The second kappa shape index (κ2) is 9.82. The Hall–Kier alpha value is -2.49. The maximum atomic E-state index is 13.2. The molecule has 0 aliphatic heterocycles. The van der Waals surface area contributed by atoms with Crippen molar-refractivity contribution in [1.29, 1.82) is 0 Å². The van der Waals surface area contributed by atoms with Gasteiger partial charge >= 0.3 is 19.6 Å². The van der Waals surface area contributed by atoms with E-state index in [1.807, 2.05) is 20.8 Å². The Balaban J connectivity index is 2.99. The van der Waals surface area contributed by atoms with Crippen LogP contribution < -0.4 is 14.7 Å². The van der Waals surface area contributed by atoms with Crippen LogP contribution in [0.4, 0.5) is 5.69 Å². The number of non-ortho nitro benzene ring substituents is 1.